The number of hydrogen-bond donors (Lipinski definition) is 0. The lowest BCUT2D eigenvalue weighted by atomic mass is 10.3. The monoisotopic (exact) mass is 281 g/mol. The SMILES string of the molecule is CCn1cc(Oc2ncccc2CBr)cn1. The molecule has 0 N–H and O–H groups in total. The van der Waals surface area contributed by atoms with Gasteiger partial charge < -0.3 is 4.74 Å². The van der Waals surface area contributed by atoms with Crippen molar-refractivity contribution in [1.29, 1.82) is 0 Å². The van der Waals surface area contributed by atoms with Gasteiger partial charge in [0.05, 0.1) is 12.4 Å². The summed E-state index contributed by atoms with van der Waals surface area (Å²) in [6, 6.07) is 3.86. The van der Waals surface area contributed by atoms with Crippen LogP contribution in [0.25, 0.3) is 0 Å². The molecule has 0 bridgehead atoms. The summed E-state index contributed by atoms with van der Waals surface area (Å²) in [6.45, 7) is 2.86. The maximum Gasteiger partial charge on any atom is 0.223 e. The molecule has 2 aromatic rings. The van der Waals surface area contributed by atoms with E-state index < -0.39 is 0 Å². The minimum Gasteiger partial charge on any atom is -0.435 e. The van der Waals surface area contributed by atoms with Crippen molar-refractivity contribution in [2.24, 2.45) is 0 Å². The van der Waals surface area contributed by atoms with Gasteiger partial charge in [-0.25, -0.2) is 4.98 Å². The van der Waals surface area contributed by atoms with Crippen molar-refractivity contribution in [3.8, 4) is 11.6 Å². The first kappa shape index (κ1) is 11.1. The number of aromatic nitrogens is 3. The molecule has 5 heteroatoms. The lowest BCUT2D eigenvalue weighted by Crippen LogP contribution is -1.93. The molecule has 84 valence electrons. The molecule has 16 heavy (non-hydrogen) atoms. The van der Waals surface area contributed by atoms with Gasteiger partial charge in [0.1, 0.15) is 0 Å². The van der Waals surface area contributed by atoms with Crippen LogP contribution in [0, 0.1) is 0 Å². The molecule has 0 aliphatic carbocycles. The van der Waals surface area contributed by atoms with Gasteiger partial charge in [-0.3, -0.25) is 4.68 Å². The Balaban J connectivity index is 2.19. The predicted molar refractivity (Wildman–Crippen MR) is 64.8 cm³/mol. The van der Waals surface area contributed by atoms with E-state index in [0.717, 1.165) is 17.4 Å². The van der Waals surface area contributed by atoms with Gasteiger partial charge in [-0.15, -0.1) is 0 Å². The highest BCUT2D eigenvalue weighted by atomic mass is 79.9. The highest BCUT2D eigenvalue weighted by Crippen LogP contribution is 2.23. The van der Waals surface area contributed by atoms with Gasteiger partial charge in [-0.2, -0.15) is 5.10 Å². The Bertz CT molecular complexity index is 470. The van der Waals surface area contributed by atoms with Crippen LogP contribution in [0.2, 0.25) is 0 Å². The van der Waals surface area contributed by atoms with E-state index in [1.54, 1.807) is 12.4 Å². The standard InChI is InChI=1S/C11H12BrN3O/c1-2-15-8-10(7-14-15)16-11-9(6-12)4-3-5-13-11/h3-5,7-8H,2,6H2,1H3. The Morgan fingerprint density at radius 1 is 1.50 bits per heavy atom. The van der Waals surface area contributed by atoms with E-state index in [1.807, 2.05) is 29.9 Å². The third-order valence-corrected chi connectivity index (χ3v) is 2.75. The molecule has 0 radical (unpaired) electrons. The summed E-state index contributed by atoms with van der Waals surface area (Å²) in [7, 11) is 0. The first-order valence-electron chi connectivity index (χ1n) is 5.03. The van der Waals surface area contributed by atoms with Crippen LogP contribution in [0.5, 0.6) is 11.6 Å². The van der Waals surface area contributed by atoms with E-state index in [2.05, 4.69) is 26.0 Å². The molecule has 4 nitrogen and oxygen atoms in total. The maximum atomic E-state index is 5.66. The van der Waals surface area contributed by atoms with Crippen LogP contribution in [0.1, 0.15) is 12.5 Å². The zero-order chi connectivity index (χ0) is 11.4. The number of alkyl halides is 1. The summed E-state index contributed by atoms with van der Waals surface area (Å²) in [5.41, 5.74) is 1.02. The second kappa shape index (κ2) is 5.12. The molecule has 2 aromatic heterocycles. The first-order chi connectivity index (χ1) is 7.83. The smallest absolute Gasteiger partial charge is 0.223 e. The fourth-order valence-electron chi connectivity index (χ4n) is 1.30. The Morgan fingerprint density at radius 3 is 3.06 bits per heavy atom. The molecule has 0 saturated heterocycles. The van der Waals surface area contributed by atoms with E-state index in [9.17, 15) is 0 Å². The van der Waals surface area contributed by atoms with Crippen molar-refractivity contribution in [2.45, 2.75) is 18.8 Å². The van der Waals surface area contributed by atoms with Crippen molar-refractivity contribution in [2.75, 3.05) is 0 Å². The van der Waals surface area contributed by atoms with Gasteiger partial charge >= 0.3 is 0 Å². The molecule has 0 unspecified atom stereocenters. The molecule has 0 aliphatic heterocycles. The van der Waals surface area contributed by atoms with Gasteiger partial charge in [0.2, 0.25) is 5.88 Å². The fraction of sp³-hybridized carbons (Fsp3) is 0.273. The van der Waals surface area contributed by atoms with E-state index >= 15 is 0 Å². The molecule has 0 spiro atoms. The van der Waals surface area contributed by atoms with Crippen molar-refractivity contribution < 1.29 is 4.74 Å². The van der Waals surface area contributed by atoms with Crippen LogP contribution in [-0.2, 0) is 11.9 Å². The third kappa shape index (κ3) is 2.41. The van der Waals surface area contributed by atoms with Crippen LogP contribution < -0.4 is 4.74 Å². The van der Waals surface area contributed by atoms with E-state index in [-0.39, 0.29) is 0 Å². The lowest BCUT2D eigenvalue weighted by molar-refractivity contribution is 0.457. The Labute approximate surface area is 102 Å². The second-order valence-corrected chi connectivity index (χ2v) is 3.80. The first-order valence-corrected chi connectivity index (χ1v) is 6.15. The van der Waals surface area contributed by atoms with Crippen LogP contribution >= 0.6 is 15.9 Å². The number of rotatable bonds is 4. The second-order valence-electron chi connectivity index (χ2n) is 3.24. The van der Waals surface area contributed by atoms with Crippen molar-refractivity contribution in [3.05, 3.63) is 36.3 Å². The minimum atomic E-state index is 0.620. The van der Waals surface area contributed by atoms with Gasteiger partial charge in [0, 0.05) is 23.6 Å². The van der Waals surface area contributed by atoms with Gasteiger partial charge in [0.25, 0.3) is 0 Å². The van der Waals surface area contributed by atoms with E-state index in [0.29, 0.717) is 11.6 Å². The number of hydrogen-bond acceptors (Lipinski definition) is 3. The van der Waals surface area contributed by atoms with Crippen LogP contribution in [0.4, 0.5) is 0 Å². The number of nitrogens with zero attached hydrogens (tertiary/aromatic N) is 3. The average molecular weight is 282 g/mol. The topological polar surface area (TPSA) is 39.9 Å². The highest BCUT2D eigenvalue weighted by Gasteiger charge is 2.06. The Morgan fingerprint density at radius 2 is 2.38 bits per heavy atom. The molecular weight excluding hydrogens is 270 g/mol. The summed E-state index contributed by atoms with van der Waals surface area (Å²) in [6.07, 6.45) is 5.26. The predicted octanol–water partition coefficient (Wildman–Crippen LogP) is 2.99. The molecule has 0 aromatic carbocycles. The molecule has 2 rings (SSSR count). The van der Waals surface area contributed by atoms with Crippen molar-refractivity contribution in [1.82, 2.24) is 14.8 Å². The Hall–Kier alpha value is -1.36. The van der Waals surface area contributed by atoms with Crippen LogP contribution in [0.15, 0.2) is 30.7 Å². The van der Waals surface area contributed by atoms with Crippen LogP contribution in [-0.4, -0.2) is 14.8 Å². The molecule has 0 aliphatic rings. The number of aryl methyl sites for hydroxylation is 1. The largest absolute Gasteiger partial charge is 0.435 e. The lowest BCUT2D eigenvalue weighted by Gasteiger charge is -2.05. The quantitative estimate of drug-likeness (QED) is 0.809. The molecule has 0 saturated carbocycles. The summed E-state index contributed by atoms with van der Waals surface area (Å²) >= 11 is 3.40. The molecule has 0 amide bonds. The highest BCUT2D eigenvalue weighted by molar-refractivity contribution is 9.08. The van der Waals surface area contributed by atoms with Gasteiger partial charge in [0.15, 0.2) is 5.75 Å². The number of halogens is 1. The average Bonchev–Trinajstić information content (AvgIpc) is 2.77. The summed E-state index contributed by atoms with van der Waals surface area (Å²) in [5.74, 6) is 1.33. The van der Waals surface area contributed by atoms with Gasteiger partial charge in [-0.05, 0) is 13.0 Å². The zero-order valence-electron chi connectivity index (χ0n) is 8.93. The van der Waals surface area contributed by atoms with Gasteiger partial charge in [-0.1, -0.05) is 22.0 Å². The Kier molecular flexibility index (Phi) is 3.56. The van der Waals surface area contributed by atoms with Crippen molar-refractivity contribution in [3.63, 3.8) is 0 Å². The maximum absolute atomic E-state index is 5.66. The van der Waals surface area contributed by atoms with E-state index in [1.165, 1.54) is 0 Å². The summed E-state index contributed by atoms with van der Waals surface area (Å²) in [4.78, 5) is 4.19. The van der Waals surface area contributed by atoms with Crippen LogP contribution in [0.3, 0.4) is 0 Å². The molecule has 2 heterocycles. The number of ether oxygens (including phenoxy) is 1. The van der Waals surface area contributed by atoms with Crippen molar-refractivity contribution >= 4 is 15.9 Å². The number of pyridine rings is 1. The molecule has 0 atom stereocenters. The summed E-state index contributed by atoms with van der Waals surface area (Å²) < 4.78 is 7.47. The zero-order valence-corrected chi connectivity index (χ0v) is 10.5. The molecule has 0 fully saturated rings. The van der Waals surface area contributed by atoms with E-state index in [4.69, 9.17) is 4.74 Å². The summed E-state index contributed by atoms with van der Waals surface area (Å²) in [5, 5.41) is 4.86. The third-order valence-electron chi connectivity index (χ3n) is 2.14. The molecular formula is C11H12BrN3O. The normalized spacial score (nSPS) is 10.4. The fourth-order valence-corrected chi connectivity index (χ4v) is 1.73. The minimum absolute atomic E-state index is 0.620.